The van der Waals surface area contributed by atoms with Crippen molar-refractivity contribution in [2.45, 2.75) is 18.9 Å². The van der Waals surface area contributed by atoms with Gasteiger partial charge in [-0.25, -0.2) is 4.39 Å². The van der Waals surface area contributed by atoms with E-state index < -0.39 is 29.6 Å². The lowest BCUT2D eigenvalue weighted by atomic mass is 9.82. The predicted octanol–water partition coefficient (Wildman–Crippen LogP) is 2.34. The molecule has 1 aliphatic rings. The minimum Gasteiger partial charge on any atom is -0.459 e. The zero-order chi connectivity index (χ0) is 19.1. The summed E-state index contributed by atoms with van der Waals surface area (Å²) in [5.41, 5.74) is 2.01. The number of nitrogens with zero attached hydrogens (tertiary/aromatic N) is 2. The second kappa shape index (κ2) is 6.39. The molecule has 0 aliphatic carbocycles. The zero-order valence-electron chi connectivity index (χ0n) is 14.7. The zero-order valence-corrected chi connectivity index (χ0v) is 14.7. The van der Waals surface area contributed by atoms with Gasteiger partial charge in [0.1, 0.15) is 17.7 Å². The Labute approximate surface area is 154 Å². The maximum Gasteiger partial charge on any atom is 0.287 e. The molecule has 1 aromatic carbocycles. The molecule has 2 atom stereocenters. The van der Waals surface area contributed by atoms with Crippen LogP contribution in [-0.2, 0) is 11.8 Å². The maximum atomic E-state index is 13.9. The van der Waals surface area contributed by atoms with Crippen LogP contribution in [0.5, 0.6) is 0 Å². The van der Waals surface area contributed by atoms with Gasteiger partial charge in [0.2, 0.25) is 5.91 Å². The number of amides is 2. The molecule has 0 saturated heterocycles. The van der Waals surface area contributed by atoms with E-state index in [-0.39, 0.29) is 5.76 Å². The number of benzene rings is 1. The fourth-order valence-corrected chi connectivity index (χ4v) is 3.54. The van der Waals surface area contributed by atoms with E-state index in [2.05, 4.69) is 15.7 Å². The first-order valence-electron chi connectivity index (χ1n) is 8.40. The van der Waals surface area contributed by atoms with Crippen LogP contribution in [0, 0.1) is 12.7 Å². The van der Waals surface area contributed by atoms with Crippen molar-refractivity contribution in [2.24, 2.45) is 7.05 Å². The van der Waals surface area contributed by atoms with Crippen molar-refractivity contribution >= 4 is 17.6 Å². The van der Waals surface area contributed by atoms with E-state index in [9.17, 15) is 14.0 Å². The summed E-state index contributed by atoms with van der Waals surface area (Å²) in [7, 11) is 1.72. The highest BCUT2D eigenvalue weighted by Crippen LogP contribution is 2.39. The largest absolute Gasteiger partial charge is 0.459 e. The van der Waals surface area contributed by atoms with Crippen LogP contribution in [0.2, 0.25) is 0 Å². The van der Waals surface area contributed by atoms with Crippen molar-refractivity contribution in [1.29, 1.82) is 0 Å². The average molecular weight is 368 g/mol. The lowest BCUT2D eigenvalue weighted by Crippen LogP contribution is -2.50. The van der Waals surface area contributed by atoms with Gasteiger partial charge >= 0.3 is 0 Å². The first-order valence-corrected chi connectivity index (χ1v) is 8.40. The Balaban J connectivity index is 1.82. The molecule has 1 aliphatic heterocycles. The van der Waals surface area contributed by atoms with Gasteiger partial charge in [-0.3, -0.25) is 14.3 Å². The Hall–Kier alpha value is -3.42. The fraction of sp³-hybridized carbons (Fsp3) is 0.211. The molecule has 3 heterocycles. The summed E-state index contributed by atoms with van der Waals surface area (Å²) in [6.07, 6.45) is 1.38. The lowest BCUT2D eigenvalue weighted by molar-refractivity contribution is -0.118. The van der Waals surface area contributed by atoms with Gasteiger partial charge in [-0.2, -0.15) is 5.10 Å². The molecule has 0 saturated carbocycles. The quantitative estimate of drug-likeness (QED) is 0.743. The number of aryl methyl sites for hydroxylation is 2. The summed E-state index contributed by atoms with van der Waals surface area (Å²) in [5, 5.41) is 9.86. The number of carbonyl (C=O) groups is 2. The minimum absolute atomic E-state index is 0.0921. The van der Waals surface area contributed by atoms with Gasteiger partial charge in [0.25, 0.3) is 5.91 Å². The second-order valence-corrected chi connectivity index (χ2v) is 6.42. The van der Waals surface area contributed by atoms with Crippen LogP contribution in [0.1, 0.15) is 33.3 Å². The van der Waals surface area contributed by atoms with Gasteiger partial charge in [-0.1, -0.05) is 12.1 Å². The van der Waals surface area contributed by atoms with E-state index in [1.165, 1.54) is 24.5 Å². The first-order chi connectivity index (χ1) is 13.0. The topological polar surface area (TPSA) is 89.2 Å². The number of fused-ring (bicyclic) bond motifs is 1. The summed E-state index contributed by atoms with van der Waals surface area (Å²) in [5.74, 6) is -1.30. The van der Waals surface area contributed by atoms with Crippen molar-refractivity contribution in [3.05, 3.63) is 71.1 Å². The normalized spacial score (nSPS) is 18.7. The number of nitrogens with one attached hydrogen (secondary N) is 2. The molecule has 2 aromatic heterocycles. The molecule has 2 N–H and O–H groups in total. The lowest BCUT2D eigenvalue weighted by Gasteiger charge is -2.32. The molecule has 7 nitrogen and oxygen atoms in total. The Morgan fingerprint density at radius 1 is 1.33 bits per heavy atom. The summed E-state index contributed by atoms with van der Waals surface area (Å²) in [6, 6.07) is 8.16. The Bertz CT molecular complexity index is 1030. The van der Waals surface area contributed by atoms with E-state index in [4.69, 9.17) is 4.42 Å². The number of hydrogen-bond donors (Lipinski definition) is 2. The van der Waals surface area contributed by atoms with Gasteiger partial charge in [-0.15, -0.1) is 0 Å². The molecular weight excluding hydrogens is 351 g/mol. The van der Waals surface area contributed by atoms with Crippen molar-refractivity contribution < 1.29 is 18.4 Å². The summed E-state index contributed by atoms with van der Waals surface area (Å²) in [6.45, 7) is 1.81. The monoisotopic (exact) mass is 368 g/mol. The number of rotatable bonds is 3. The highest BCUT2D eigenvalue weighted by Gasteiger charge is 2.41. The fourth-order valence-electron chi connectivity index (χ4n) is 3.54. The van der Waals surface area contributed by atoms with Crippen LogP contribution in [-0.4, -0.2) is 27.6 Å². The third kappa shape index (κ3) is 2.88. The summed E-state index contributed by atoms with van der Waals surface area (Å²) >= 11 is 0. The molecule has 2 amide bonds. The number of carbonyl (C=O) groups excluding carboxylic acids is 2. The van der Waals surface area contributed by atoms with E-state index >= 15 is 0 Å². The van der Waals surface area contributed by atoms with Gasteiger partial charge in [0, 0.05) is 18.5 Å². The number of halogens is 1. The van der Waals surface area contributed by atoms with Crippen LogP contribution in [0.4, 0.5) is 10.2 Å². The molecule has 138 valence electrons. The van der Waals surface area contributed by atoms with Gasteiger partial charge in [-0.05, 0) is 36.8 Å². The highest BCUT2D eigenvalue weighted by molar-refractivity contribution is 6.03. The maximum absolute atomic E-state index is 13.9. The molecule has 4 rings (SSSR count). The molecule has 0 spiro atoms. The number of aromatic nitrogens is 2. The number of hydrogen-bond acceptors (Lipinski definition) is 4. The van der Waals surface area contributed by atoms with Gasteiger partial charge in [0.05, 0.1) is 12.0 Å². The smallest absolute Gasteiger partial charge is 0.287 e. The molecule has 0 bridgehead atoms. The molecule has 8 heteroatoms. The van der Waals surface area contributed by atoms with Crippen LogP contribution in [0.3, 0.4) is 0 Å². The van der Waals surface area contributed by atoms with Crippen LogP contribution in [0.25, 0.3) is 0 Å². The van der Waals surface area contributed by atoms with E-state index in [1.54, 1.807) is 29.9 Å². The summed E-state index contributed by atoms with van der Waals surface area (Å²) < 4.78 is 20.6. The highest BCUT2D eigenvalue weighted by atomic mass is 19.1. The van der Waals surface area contributed by atoms with Crippen molar-refractivity contribution in [1.82, 2.24) is 15.1 Å². The van der Waals surface area contributed by atoms with Crippen LogP contribution >= 0.6 is 0 Å². The summed E-state index contributed by atoms with van der Waals surface area (Å²) in [4.78, 5) is 25.3. The van der Waals surface area contributed by atoms with E-state index in [1.807, 2.05) is 6.92 Å². The van der Waals surface area contributed by atoms with Crippen molar-refractivity contribution in [3.8, 4) is 0 Å². The first kappa shape index (κ1) is 17.0. The van der Waals surface area contributed by atoms with Crippen molar-refractivity contribution in [3.63, 3.8) is 0 Å². The second-order valence-electron chi connectivity index (χ2n) is 6.42. The molecule has 3 aromatic rings. The molecule has 27 heavy (non-hydrogen) atoms. The molecule has 0 fully saturated rings. The number of furan rings is 1. The average Bonchev–Trinajstić information content (AvgIpc) is 3.25. The van der Waals surface area contributed by atoms with Gasteiger partial charge in [0.15, 0.2) is 5.76 Å². The standard InChI is InChI=1S/C19H17FN4O3/c1-10-14-15(11-5-3-6-12(20)9-11)16(19(26)22-17(14)24(2)23-10)21-18(25)13-7-4-8-27-13/h3-9,15-16H,1-2H3,(H,21,25)(H,22,26)/t15-,16-/m1/s1. The predicted molar refractivity (Wildman–Crippen MR) is 94.8 cm³/mol. The third-order valence-corrected chi connectivity index (χ3v) is 4.68. The van der Waals surface area contributed by atoms with Gasteiger partial charge < -0.3 is 15.1 Å². The molecular formula is C19H17FN4O3. The minimum atomic E-state index is -0.945. The Kier molecular flexibility index (Phi) is 4.02. The molecule has 0 radical (unpaired) electrons. The Morgan fingerprint density at radius 2 is 2.15 bits per heavy atom. The van der Waals surface area contributed by atoms with Crippen LogP contribution in [0.15, 0.2) is 47.1 Å². The SMILES string of the molecule is Cc1nn(C)c2c1[C@@H](c1cccc(F)c1)[C@@H](NC(=O)c1ccco1)C(=O)N2. The van der Waals surface area contributed by atoms with Crippen molar-refractivity contribution in [2.75, 3.05) is 5.32 Å². The Morgan fingerprint density at radius 3 is 2.85 bits per heavy atom. The van der Waals surface area contributed by atoms with Crippen LogP contribution < -0.4 is 10.6 Å². The molecule has 0 unspecified atom stereocenters. The number of anilines is 1. The van der Waals surface area contributed by atoms with E-state index in [0.717, 1.165) is 5.56 Å². The van der Waals surface area contributed by atoms with E-state index in [0.29, 0.717) is 17.1 Å². The third-order valence-electron chi connectivity index (χ3n) is 4.68.